The van der Waals surface area contributed by atoms with Gasteiger partial charge in [-0.3, -0.25) is 24.4 Å². The first-order chi connectivity index (χ1) is 23.9. The number of aliphatic hydroxyl groups is 1. The smallest absolute Gasteiger partial charge is 0.279 e. The molecule has 0 bridgehead atoms. The first-order valence-electron chi connectivity index (χ1n) is 16.5. The molecule has 7 rings (SSSR count). The molecule has 2 aliphatic heterocycles. The number of amides is 1. The summed E-state index contributed by atoms with van der Waals surface area (Å²) in [5, 5.41) is 35.1. The number of non-ortho nitro benzene ring substituents is 1. The molecule has 4 heterocycles. The van der Waals surface area contributed by atoms with E-state index < -0.39 is 36.4 Å². The largest absolute Gasteiger partial charge is 0.432 e. The zero-order valence-electron chi connectivity index (χ0n) is 27.8. The highest BCUT2D eigenvalue weighted by molar-refractivity contribution is 6.71. The van der Waals surface area contributed by atoms with Gasteiger partial charge >= 0.3 is 0 Å². The first-order valence-corrected chi connectivity index (χ1v) is 19.5. The van der Waals surface area contributed by atoms with Crippen LogP contribution in [-0.4, -0.2) is 66.5 Å². The van der Waals surface area contributed by atoms with E-state index in [2.05, 4.69) is 15.4 Å². The summed E-state index contributed by atoms with van der Waals surface area (Å²) in [6.45, 7) is 5.95. The monoisotopic (exact) mass is 695 g/mol. The van der Waals surface area contributed by atoms with Crippen LogP contribution in [0.3, 0.4) is 0 Å². The van der Waals surface area contributed by atoms with Crippen LogP contribution < -0.4 is 10.5 Å². The number of hydrogen-bond donors (Lipinski definition) is 2. The van der Waals surface area contributed by atoms with Crippen molar-refractivity contribution in [2.45, 2.75) is 63.2 Å². The summed E-state index contributed by atoms with van der Waals surface area (Å²) >= 11 is 0. The Labute approximate surface area is 287 Å². The second kappa shape index (κ2) is 12.7. The molecule has 50 heavy (non-hydrogen) atoms. The Bertz CT molecular complexity index is 2180. The lowest BCUT2D eigenvalue weighted by molar-refractivity contribution is -0.385. The van der Waals surface area contributed by atoms with Crippen molar-refractivity contribution >= 4 is 36.4 Å². The Kier molecular flexibility index (Phi) is 8.46. The molecule has 258 valence electrons. The minimum Gasteiger partial charge on any atom is -0.432 e. The van der Waals surface area contributed by atoms with Crippen LogP contribution in [0.15, 0.2) is 83.9 Å². The summed E-state index contributed by atoms with van der Waals surface area (Å²) in [6.07, 6.45) is 3.60. The lowest BCUT2D eigenvalue weighted by Gasteiger charge is -2.32. The van der Waals surface area contributed by atoms with E-state index in [1.54, 1.807) is 58.4 Å². The van der Waals surface area contributed by atoms with Crippen LogP contribution in [0.25, 0.3) is 16.5 Å². The van der Waals surface area contributed by atoms with Crippen LogP contribution in [0.4, 0.5) is 11.4 Å². The molecule has 0 aliphatic carbocycles. The Hall–Kier alpha value is -5.09. The molecule has 0 radical (unpaired) electrons. The maximum atomic E-state index is 14.9. The zero-order chi connectivity index (χ0) is 35.4. The molecule has 14 nitrogen and oxygen atoms in total. The third-order valence-corrected chi connectivity index (χ3v) is 12.5. The number of benzene rings is 3. The van der Waals surface area contributed by atoms with Gasteiger partial charge in [0.25, 0.3) is 17.2 Å². The predicted molar refractivity (Wildman–Crippen MR) is 186 cm³/mol. The van der Waals surface area contributed by atoms with Gasteiger partial charge in [0.15, 0.2) is 13.9 Å². The number of anilines is 1. The number of aliphatic hydroxyl groups excluding tert-OH is 1. The van der Waals surface area contributed by atoms with Crippen LogP contribution in [0.5, 0.6) is 0 Å². The van der Waals surface area contributed by atoms with Gasteiger partial charge in [0, 0.05) is 60.3 Å². The van der Waals surface area contributed by atoms with Gasteiger partial charge in [-0.15, -0.1) is 5.10 Å². The summed E-state index contributed by atoms with van der Waals surface area (Å²) in [5.41, 5.74) is 0.340. The number of aromatic nitrogens is 5. The number of nitro benzene ring substituents is 1. The Balaban J connectivity index is 1.25. The van der Waals surface area contributed by atoms with Crippen LogP contribution in [0, 0.1) is 16.0 Å². The number of aryl methyl sites for hydroxylation is 1. The van der Waals surface area contributed by atoms with Crippen molar-refractivity contribution in [3.05, 3.63) is 116 Å². The number of nitrogens with zero attached hydrogens (tertiary/aromatic N) is 7. The SMILES string of the molecule is C[C@@H]1[C@@H]([Si](C)(C)O)[C@H](CCn2cc(CCO)nn2)O[C@@]12C(=O)N(Cc1cccc(-n3ncc4ccccc4c3=O)c1)c1ccc([N+](=O)[O-])cc12. The number of hydrogen-bond acceptors (Lipinski definition) is 10. The maximum Gasteiger partial charge on any atom is 0.279 e. The average molecular weight is 696 g/mol. The summed E-state index contributed by atoms with van der Waals surface area (Å²) in [5.74, 6) is -0.895. The van der Waals surface area contributed by atoms with Crippen LogP contribution in [0.1, 0.15) is 30.2 Å². The zero-order valence-corrected chi connectivity index (χ0v) is 28.8. The topological polar surface area (TPSA) is 179 Å². The van der Waals surface area contributed by atoms with Gasteiger partial charge in [-0.05, 0) is 49.3 Å². The van der Waals surface area contributed by atoms with Gasteiger partial charge in [-0.2, -0.15) is 9.78 Å². The lowest BCUT2D eigenvalue weighted by Crippen LogP contribution is -2.46. The molecule has 1 fully saturated rings. The molecule has 0 saturated carbocycles. The Morgan fingerprint density at radius 3 is 2.64 bits per heavy atom. The van der Waals surface area contributed by atoms with E-state index in [0.29, 0.717) is 53.0 Å². The normalized spacial score (nSPS) is 21.7. The van der Waals surface area contributed by atoms with E-state index in [4.69, 9.17) is 4.74 Å². The van der Waals surface area contributed by atoms with Crippen molar-refractivity contribution in [3.8, 4) is 5.69 Å². The highest BCUT2D eigenvalue weighted by Gasteiger charge is 2.66. The second-order valence-electron chi connectivity index (χ2n) is 13.6. The van der Waals surface area contributed by atoms with Gasteiger partial charge in [0.1, 0.15) is 0 Å². The fourth-order valence-electron chi connectivity index (χ4n) is 7.79. The summed E-state index contributed by atoms with van der Waals surface area (Å²) in [4.78, 5) is 52.9. The van der Waals surface area contributed by atoms with E-state index in [1.165, 1.54) is 16.8 Å². The van der Waals surface area contributed by atoms with Gasteiger partial charge < -0.3 is 19.5 Å². The third-order valence-electron chi connectivity index (χ3n) is 9.97. The van der Waals surface area contributed by atoms with Crippen molar-refractivity contribution < 1.29 is 24.4 Å². The molecule has 2 aromatic heterocycles. The minimum absolute atomic E-state index is 0.0515. The summed E-state index contributed by atoms with van der Waals surface area (Å²) in [6, 6.07) is 18.8. The van der Waals surface area contributed by atoms with Crippen molar-refractivity contribution in [1.82, 2.24) is 24.8 Å². The number of carbonyl (C=O) groups is 1. The maximum absolute atomic E-state index is 14.9. The summed E-state index contributed by atoms with van der Waals surface area (Å²) < 4.78 is 9.81. The fourth-order valence-corrected chi connectivity index (χ4v) is 10.4. The molecular weight excluding hydrogens is 659 g/mol. The second-order valence-corrected chi connectivity index (χ2v) is 17.5. The van der Waals surface area contributed by atoms with Crippen molar-refractivity contribution in [2.24, 2.45) is 5.92 Å². The number of ether oxygens (including phenoxy) is 1. The Morgan fingerprint density at radius 1 is 1.08 bits per heavy atom. The van der Waals surface area contributed by atoms with Crippen molar-refractivity contribution in [3.63, 3.8) is 0 Å². The fraction of sp³-hybridized carbons (Fsp3) is 0.343. The lowest BCUT2D eigenvalue weighted by atomic mass is 9.82. The van der Waals surface area contributed by atoms with E-state index >= 15 is 0 Å². The first kappa shape index (κ1) is 33.4. The van der Waals surface area contributed by atoms with Crippen LogP contribution in [-0.2, 0) is 34.6 Å². The minimum atomic E-state index is -2.99. The molecule has 4 atom stereocenters. The molecule has 2 aliphatic rings. The quantitative estimate of drug-likeness (QED) is 0.124. The van der Waals surface area contributed by atoms with E-state index in [0.717, 1.165) is 5.39 Å². The molecule has 1 spiro atoms. The molecule has 0 unspecified atom stereocenters. The van der Waals surface area contributed by atoms with Crippen molar-refractivity contribution in [1.29, 1.82) is 0 Å². The number of rotatable bonds is 10. The third kappa shape index (κ3) is 5.61. The highest BCUT2D eigenvalue weighted by Crippen LogP contribution is 2.60. The van der Waals surface area contributed by atoms with Gasteiger partial charge in [-0.1, -0.05) is 42.5 Å². The molecule has 1 amide bonds. The number of fused-ring (bicyclic) bond motifs is 3. The van der Waals surface area contributed by atoms with E-state index in [1.807, 2.05) is 38.2 Å². The highest BCUT2D eigenvalue weighted by atomic mass is 28.4. The van der Waals surface area contributed by atoms with E-state index in [9.17, 15) is 29.6 Å². The molecular formula is C35H37N7O7Si. The van der Waals surface area contributed by atoms with Crippen LogP contribution in [0.2, 0.25) is 18.6 Å². The van der Waals surface area contributed by atoms with Crippen LogP contribution >= 0.6 is 0 Å². The van der Waals surface area contributed by atoms with Gasteiger partial charge in [-0.25, -0.2) is 0 Å². The van der Waals surface area contributed by atoms with E-state index in [-0.39, 0.29) is 30.3 Å². The number of nitro groups is 1. The van der Waals surface area contributed by atoms with Gasteiger partial charge in [0.2, 0.25) is 0 Å². The molecule has 2 N–H and O–H groups in total. The Morgan fingerprint density at radius 2 is 1.88 bits per heavy atom. The van der Waals surface area contributed by atoms with Crippen molar-refractivity contribution in [2.75, 3.05) is 11.5 Å². The predicted octanol–water partition coefficient (Wildman–Crippen LogP) is 3.86. The molecule has 5 aromatic rings. The average Bonchev–Trinajstić information content (AvgIpc) is 3.74. The standard InChI is InChI=1S/C35H37N7O7Si/c1-22-32(50(2,3)48)31(13-15-39-21-25(14-16-43)37-38-39)49-35(22)29-18-27(42(46)47)11-12-30(29)40(34(35)45)20-23-7-6-9-26(17-23)41-33(44)28-10-5-4-8-24(28)19-36-41/h4-12,17-19,21-22,31-32,43,48H,13-16,20H2,1-3H3/t22-,31+,32-,35+/m1/s1. The summed E-state index contributed by atoms with van der Waals surface area (Å²) in [7, 11) is -2.99. The molecule has 1 saturated heterocycles. The van der Waals surface area contributed by atoms with Gasteiger partial charge in [0.05, 0.1) is 46.2 Å². The molecule has 15 heteroatoms. The number of carbonyl (C=O) groups excluding carboxylic acids is 1. The molecule has 3 aromatic carbocycles.